The van der Waals surface area contributed by atoms with Crippen LogP contribution in [0.4, 0.5) is 0 Å². The predicted molar refractivity (Wildman–Crippen MR) is 187 cm³/mol. The average molecular weight is 663 g/mol. The highest BCUT2D eigenvalue weighted by Gasteiger charge is 2.34. The maximum atomic E-state index is 14.4. The van der Waals surface area contributed by atoms with E-state index in [-0.39, 0.29) is 11.7 Å². The third-order valence-electron chi connectivity index (χ3n) is 7.96. The van der Waals surface area contributed by atoms with Crippen molar-refractivity contribution in [1.82, 2.24) is 14.3 Å². The van der Waals surface area contributed by atoms with Crippen LogP contribution in [0.25, 0.3) is 23.0 Å². The monoisotopic (exact) mass is 662 g/mol. The molecule has 0 amide bonds. The number of nitrogens with zero attached hydrogens (tertiary/aromatic N) is 4. The summed E-state index contributed by atoms with van der Waals surface area (Å²) in [5.41, 5.74) is 4.57. The van der Waals surface area contributed by atoms with Gasteiger partial charge in [-0.25, -0.2) is 14.5 Å². The molecule has 48 heavy (non-hydrogen) atoms. The summed E-state index contributed by atoms with van der Waals surface area (Å²) >= 11 is 1.28. The number of esters is 1. The Hall–Kier alpha value is -5.22. The van der Waals surface area contributed by atoms with Crippen LogP contribution in [0, 0.1) is 0 Å². The summed E-state index contributed by atoms with van der Waals surface area (Å²) in [4.78, 5) is 33.1. The van der Waals surface area contributed by atoms with Crippen molar-refractivity contribution in [2.75, 3.05) is 13.7 Å². The number of rotatable bonds is 11. The molecular formula is C38H38N4O5S. The Bertz CT molecular complexity index is 2130. The summed E-state index contributed by atoms with van der Waals surface area (Å²) in [5, 5.41) is 4.95. The molecule has 1 atom stereocenters. The normalized spacial score (nSPS) is 14.5. The summed E-state index contributed by atoms with van der Waals surface area (Å²) < 4.78 is 20.8. The summed E-state index contributed by atoms with van der Waals surface area (Å²) in [6.45, 7) is 8.17. The Morgan fingerprint density at radius 3 is 2.38 bits per heavy atom. The molecule has 10 heteroatoms. The van der Waals surface area contributed by atoms with Crippen molar-refractivity contribution in [2.24, 2.45) is 4.99 Å². The largest absolute Gasteiger partial charge is 0.497 e. The Morgan fingerprint density at radius 1 is 1.00 bits per heavy atom. The molecule has 246 valence electrons. The van der Waals surface area contributed by atoms with Gasteiger partial charge in [0, 0.05) is 17.3 Å². The van der Waals surface area contributed by atoms with Crippen LogP contribution in [-0.2, 0) is 9.53 Å². The number of methoxy groups -OCH3 is 1. The first-order chi connectivity index (χ1) is 23.3. The number of ether oxygens (including phenoxy) is 3. The smallest absolute Gasteiger partial charge is 0.338 e. The zero-order chi connectivity index (χ0) is 33.8. The van der Waals surface area contributed by atoms with E-state index in [4.69, 9.17) is 24.3 Å². The zero-order valence-corrected chi connectivity index (χ0v) is 28.5. The number of hydrogen-bond donors (Lipinski definition) is 0. The van der Waals surface area contributed by atoms with E-state index in [1.54, 1.807) is 32.4 Å². The molecule has 6 rings (SSSR count). The molecule has 0 saturated carbocycles. The third-order valence-corrected chi connectivity index (χ3v) is 8.94. The highest BCUT2D eigenvalue weighted by molar-refractivity contribution is 7.07. The van der Waals surface area contributed by atoms with Crippen molar-refractivity contribution < 1.29 is 19.0 Å². The van der Waals surface area contributed by atoms with Gasteiger partial charge in [-0.1, -0.05) is 55.0 Å². The van der Waals surface area contributed by atoms with Crippen molar-refractivity contribution in [2.45, 2.75) is 52.7 Å². The van der Waals surface area contributed by atoms with Gasteiger partial charge in [0.15, 0.2) is 4.80 Å². The Labute approximate surface area is 283 Å². The van der Waals surface area contributed by atoms with Gasteiger partial charge in [0.05, 0.1) is 47.4 Å². The first-order valence-electron chi connectivity index (χ1n) is 16.0. The first kappa shape index (κ1) is 32.7. The summed E-state index contributed by atoms with van der Waals surface area (Å²) in [5.74, 6) is 0.960. The number of unbranched alkanes of at least 4 members (excludes halogenated alkanes) is 1. The van der Waals surface area contributed by atoms with Gasteiger partial charge in [-0.3, -0.25) is 9.36 Å². The lowest BCUT2D eigenvalue weighted by atomic mass is 9.96. The van der Waals surface area contributed by atoms with Crippen LogP contribution in [0.1, 0.15) is 57.7 Å². The van der Waals surface area contributed by atoms with E-state index in [0.29, 0.717) is 38.7 Å². The number of allylic oxidation sites excluding steroid dienone is 1. The minimum Gasteiger partial charge on any atom is -0.497 e. The van der Waals surface area contributed by atoms with Crippen LogP contribution >= 0.6 is 11.3 Å². The number of thiazole rings is 1. The molecule has 0 spiro atoms. The average Bonchev–Trinajstić information content (AvgIpc) is 3.65. The topological polar surface area (TPSA) is 96.9 Å². The molecule has 1 aliphatic rings. The molecule has 0 radical (unpaired) electrons. The van der Waals surface area contributed by atoms with E-state index in [1.807, 2.05) is 95.8 Å². The number of para-hydroxylation sites is 1. The van der Waals surface area contributed by atoms with Gasteiger partial charge in [0.2, 0.25) is 0 Å². The number of fused-ring (bicyclic) bond motifs is 1. The predicted octanol–water partition coefficient (Wildman–Crippen LogP) is 6.23. The van der Waals surface area contributed by atoms with Crippen molar-refractivity contribution in [3.63, 3.8) is 0 Å². The third kappa shape index (κ3) is 6.75. The van der Waals surface area contributed by atoms with Gasteiger partial charge in [-0.2, -0.15) is 5.10 Å². The molecule has 2 aromatic heterocycles. The van der Waals surface area contributed by atoms with E-state index < -0.39 is 12.0 Å². The van der Waals surface area contributed by atoms with E-state index in [9.17, 15) is 9.59 Å². The summed E-state index contributed by atoms with van der Waals surface area (Å²) in [6.07, 6.45) is 5.49. The molecule has 5 aromatic rings. The van der Waals surface area contributed by atoms with Crippen molar-refractivity contribution in [3.05, 3.63) is 127 Å². The molecule has 1 aliphatic heterocycles. The maximum absolute atomic E-state index is 14.4. The Balaban J connectivity index is 1.49. The number of benzene rings is 3. The van der Waals surface area contributed by atoms with Crippen LogP contribution in [-0.4, -0.2) is 40.1 Å². The van der Waals surface area contributed by atoms with Crippen molar-refractivity contribution in [1.29, 1.82) is 0 Å². The number of carbonyl (C=O) groups excluding carboxylic acids is 1. The SMILES string of the molecule is CCCCOc1ccc(-c2nn(-c3ccccc3)cc2C=c2sc3n(c2=O)C(c2ccc(OC)cc2)C(C(=O)OC(C)C)=C(C)N=3)cc1. The van der Waals surface area contributed by atoms with Crippen LogP contribution in [0.15, 0.2) is 106 Å². The lowest BCUT2D eigenvalue weighted by molar-refractivity contribution is -0.143. The molecule has 0 fully saturated rings. The van der Waals surface area contributed by atoms with Gasteiger partial charge in [-0.15, -0.1) is 0 Å². The maximum Gasteiger partial charge on any atom is 0.338 e. The molecular weight excluding hydrogens is 625 g/mol. The van der Waals surface area contributed by atoms with Crippen LogP contribution in [0.3, 0.4) is 0 Å². The Morgan fingerprint density at radius 2 is 1.71 bits per heavy atom. The summed E-state index contributed by atoms with van der Waals surface area (Å²) in [6, 6.07) is 24.3. The standard InChI is InChI=1S/C38H38N4O5S/c1-6-7-21-46-31-19-13-26(14-20-31)34-28(23-41(40-34)29-11-9-8-10-12-29)22-32-36(43)42-35(27-15-17-30(45-5)18-16-27)33(37(44)47-24(2)3)25(4)39-38(42)48-32/h8-20,22-24,35H,6-7,21H2,1-5H3. The number of carbonyl (C=O) groups is 1. The molecule has 0 aliphatic carbocycles. The van der Waals surface area contributed by atoms with Crippen LogP contribution < -0.4 is 24.4 Å². The van der Waals surface area contributed by atoms with Gasteiger partial charge in [0.25, 0.3) is 5.56 Å². The highest BCUT2D eigenvalue weighted by Crippen LogP contribution is 2.32. The fourth-order valence-corrected chi connectivity index (χ4v) is 6.61. The van der Waals surface area contributed by atoms with E-state index >= 15 is 0 Å². The second-order valence-corrected chi connectivity index (χ2v) is 12.8. The number of hydrogen-bond acceptors (Lipinski definition) is 8. The second-order valence-electron chi connectivity index (χ2n) is 11.7. The van der Waals surface area contributed by atoms with Crippen LogP contribution in [0.5, 0.6) is 11.5 Å². The fourth-order valence-electron chi connectivity index (χ4n) is 5.58. The minimum absolute atomic E-state index is 0.264. The molecule has 9 nitrogen and oxygen atoms in total. The van der Waals surface area contributed by atoms with E-state index in [0.717, 1.165) is 41.0 Å². The second kappa shape index (κ2) is 14.3. The molecule has 0 saturated heterocycles. The van der Waals surface area contributed by atoms with E-state index in [1.165, 1.54) is 11.3 Å². The van der Waals surface area contributed by atoms with E-state index in [2.05, 4.69) is 6.92 Å². The Kier molecular flexibility index (Phi) is 9.72. The fraction of sp³-hybridized carbons (Fsp3) is 0.263. The van der Waals surface area contributed by atoms with Crippen LogP contribution in [0.2, 0.25) is 0 Å². The molecule has 3 aromatic carbocycles. The van der Waals surface area contributed by atoms with Crippen molar-refractivity contribution in [3.8, 4) is 28.4 Å². The van der Waals surface area contributed by atoms with Gasteiger partial charge in [-0.05, 0) is 87.4 Å². The lowest BCUT2D eigenvalue weighted by Crippen LogP contribution is -2.40. The molecule has 0 bridgehead atoms. The quantitative estimate of drug-likeness (QED) is 0.123. The van der Waals surface area contributed by atoms with Gasteiger partial charge in [0.1, 0.15) is 17.2 Å². The molecule has 3 heterocycles. The number of aromatic nitrogens is 3. The van der Waals surface area contributed by atoms with Gasteiger partial charge >= 0.3 is 5.97 Å². The van der Waals surface area contributed by atoms with Crippen molar-refractivity contribution >= 4 is 23.4 Å². The zero-order valence-electron chi connectivity index (χ0n) is 27.7. The lowest BCUT2D eigenvalue weighted by Gasteiger charge is -2.25. The molecule has 0 N–H and O–H groups in total. The highest BCUT2D eigenvalue weighted by atomic mass is 32.1. The first-order valence-corrected chi connectivity index (χ1v) is 16.8. The van der Waals surface area contributed by atoms with Gasteiger partial charge < -0.3 is 14.2 Å². The summed E-state index contributed by atoms with van der Waals surface area (Å²) in [7, 11) is 1.59. The minimum atomic E-state index is -0.729. The molecule has 1 unspecified atom stereocenters.